The third-order valence-corrected chi connectivity index (χ3v) is 5.15. The van der Waals surface area contributed by atoms with Crippen LogP contribution in [0.4, 0.5) is 10.1 Å². The van der Waals surface area contributed by atoms with Crippen LogP contribution < -0.4 is 10.5 Å². The van der Waals surface area contributed by atoms with E-state index < -0.39 is 5.82 Å². The molecule has 19 heavy (non-hydrogen) atoms. The zero-order valence-electron chi connectivity index (χ0n) is 10.3. The number of hydrogen-bond donors (Lipinski definition) is 1. The number of aromatic nitrogens is 2. The smallest absolute Gasteiger partial charge is 0.179 e. The molecule has 102 valence electrons. The molecule has 0 spiro atoms. The van der Waals surface area contributed by atoms with Crippen molar-refractivity contribution in [3.8, 4) is 5.75 Å². The van der Waals surface area contributed by atoms with Gasteiger partial charge in [0.25, 0.3) is 0 Å². The van der Waals surface area contributed by atoms with Crippen molar-refractivity contribution in [1.29, 1.82) is 0 Å². The van der Waals surface area contributed by atoms with Crippen LogP contribution in [0.1, 0.15) is 6.92 Å². The Morgan fingerprint density at radius 1 is 1.37 bits per heavy atom. The van der Waals surface area contributed by atoms with Crippen LogP contribution in [0.5, 0.6) is 5.75 Å². The van der Waals surface area contributed by atoms with Crippen LogP contribution >= 0.6 is 34.9 Å². The standard InChI is InChI=1S/C11H12FN3OS3/c1-3-16-8-5-9(7(13)4-6(8)12)18-11-15-14-10(17-2)19-11/h4-5H,3,13H2,1-2H3. The summed E-state index contributed by atoms with van der Waals surface area (Å²) in [6.45, 7) is 2.21. The number of nitrogens with zero attached hydrogens (tertiary/aromatic N) is 2. The van der Waals surface area contributed by atoms with Gasteiger partial charge in [0.05, 0.1) is 6.61 Å². The van der Waals surface area contributed by atoms with Crippen LogP contribution in [0.15, 0.2) is 25.7 Å². The molecule has 2 N–H and O–H groups in total. The highest BCUT2D eigenvalue weighted by Crippen LogP contribution is 2.38. The molecule has 0 aliphatic rings. The van der Waals surface area contributed by atoms with Gasteiger partial charge in [-0.05, 0) is 19.2 Å². The molecule has 1 aromatic heterocycles. The van der Waals surface area contributed by atoms with Crippen LogP contribution in [-0.2, 0) is 0 Å². The number of ether oxygens (including phenoxy) is 1. The van der Waals surface area contributed by atoms with Gasteiger partial charge in [-0.1, -0.05) is 34.9 Å². The molecule has 0 amide bonds. The molecule has 0 aliphatic heterocycles. The van der Waals surface area contributed by atoms with Gasteiger partial charge in [0.2, 0.25) is 0 Å². The SMILES string of the molecule is CCOc1cc(Sc2nnc(SC)s2)c(N)cc1F. The first-order valence-electron chi connectivity index (χ1n) is 5.41. The highest BCUT2D eigenvalue weighted by Gasteiger charge is 2.12. The van der Waals surface area contributed by atoms with Crippen molar-refractivity contribution in [3.63, 3.8) is 0 Å². The first-order chi connectivity index (χ1) is 9.13. The van der Waals surface area contributed by atoms with Crippen LogP contribution in [0.25, 0.3) is 0 Å². The van der Waals surface area contributed by atoms with E-state index in [0.29, 0.717) is 17.2 Å². The maximum Gasteiger partial charge on any atom is 0.179 e. The fourth-order valence-corrected chi connectivity index (χ4v) is 3.77. The first-order valence-corrected chi connectivity index (χ1v) is 8.27. The van der Waals surface area contributed by atoms with Crippen molar-refractivity contribution in [2.45, 2.75) is 20.5 Å². The maximum absolute atomic E-state index is 13.6. The van der Waals surface area contributed by atoms with E-state index in [1.807, 2.05) is 6.26 Å². The summed E-state index contributed by atoms with van der Waals surface area (Å²) in [7, 11) is 0. The highest BCUT2D eigenvalue weighted by atomic mass is 32.2. The second-order valence-corrected chi connectivity index (χ2v) is 6.71. The summed E-state index contributed by atoms with van der Waals surface area (Å²) in [5.74, 6) is -0.250. The van der Waals surface area contributed by atoms with Gasteiger partial charge in [-0.25, -0.2) is 4.39 Å². The number of nitrogen functional groups attached to an aromatic ring is 1. The monoisotopic (exact) mass is 317 g/mol. The average Bonchev–Trinajstić information content (AvgIpc) is 2.83. The number of thioether (sulfide) groups is 1. The summed E-state index contributed by atoms with van der Waals surface area (Å²) < 4.78 is 20.4. The van der Waals surface area contributed by atoms with Gasteiger partial charge in [-0.3, -0.25) is 0 Å². The highest BCUT2D eigenvalue weighted by molar-refractivity contribution is 8.03. The molecule has 0 aliphatic carbocycles. The van der Waals surface area contributed by atoms with Crippen LogP contribution in [0.2, 0.25) is 0 Å². The molecule has 0 bridgehead atoms. The quantitative estimate of drug-likeness (QED) is 0.672. The number of nitrogens with two attached hydrogens (primary N) is 1. The first kappa shape index (κ1) is 14.4. The summed E-state index contributed by atoms with van der Waals surface area (Å²) in [5.41, 5.74) is 6.18. The van der Waals surface area contributed by atoms with E-state index in [2.05, 4.69) is 10.2 Å². The van der Waals surface area contributed by atoms with E-state index in [9.17, 15) is 4.39 Å². The number of anilines is 1. The van der Waals surface area contributed by atoms with E-state index in [0.717, 1.165) is 8.68 Å². The Labute approximate surface area is 122 Å². The van der Waals surface area contributed by atoms with Crippen molar-refractivity contribution in [1.82, 2.24) is 10.2 Å². The van der Waals surface area contributed by atoms with Gasteiger partial charge < -0.3 is 10.5 Å². The Bertz CT molecular complexity index is 576. The van der Waals surface area contributed by atoms with E-state index in [1.54, 1.807) is 13.0 Å². The number of halogens is 1. The molecule has 0 radical (unpaired) electrons. The van der Waals surface area contributed by atoms with Crippen LogP contribution in [-0.4, -0.2) is 23.1 Å². The summed E-state index contributed by atoms with van der Waals surface area (Å²) in [6.07, 6.45) is 1.94. The second-order valence-electron chi connectivity index (χ2n) is 3.39. The molecule has 0 unspecified atom stereocenters. The summed E-state index contributed by atoms with van der Waals surface area (Å²) in [4.78, 5) is 0.716. The third kappa shape index (κ3) is 3.52. The molecular weight excluding hydrogens is 305 g/mol. The van der Waals surface area contributed by atoms with Gasteiger partial charge >= 0.3 is 0 Å². The average molecular weight is 317 g/mol. The Kier molecular flexibility index (Phi) is 4.89. The molecule has 0 saturated carbocycles. The van der Waals surface area contributed by atoms with Gasteiger partial charge in [0, 0.05) is 16.6 Å². The normalized spacial score (nSPS) is 10.7. The second kappa shape index (κ2) is 6.44. The third-order valence-electron chi connectivity index (χ3n) is 2.12. The number of benzene rings is 1. The maximum atomic E-state index is 13.6. The summed E-state index contributed by atoms with van der Waals surface area (Å²) in [6, 6.07) is 2.86. The zero-order chi connectivity index (χ0) is 13.8. The minimum absolute atomic E-state index is 0.203. The molecule has 1 aromatic carbocycles. The van der Waals surface area contributed by atoms with E-state index in [4.69, 9.17) is 10.5 Å². The number of rotatable bonds is 5. The van der Waals surface area contributed by atoms with Gasteiger partial charge in [-0.2, -0.15) is 0 Å². The van der Waals surface area contributed by atoms with E-state index >= 15 is 0 Å². The minimum Gasteiger partial charge on any atom is -0.491 e. The molecule has 0 saturated heterocycles. The van der Waals surface area contributed by atoms with Crippen molar-refractivity contribution >= 4 is 40.5 Å². The lowest BCUT2D eigenvalue weighted by Gasteiger charge is -2.08. The zero-order valence-corrected chi connectivity index (χ0v) is 12.8. The van der Waals surface area contributed by atoms with Crippen molar-refractivity contribution in [2.24, 2.45) is 0 Å². The fraction of sp³-hybridized carbons (Fsp3) is 0.273. The van der Waals surface area contributed by atoms with Crippen molar-refractivity contribution < 1.29 is 9.13 Å². The van der Waals surface area contributed by atoms with Gasteiger partial charge in [0.15, 0.2) is 20.2 Å². The molecule has 1 heterocycles. The summed E-state index contributed by atoms with van der Waals surface area (Å²) >= 11 is 4.37. The predicted molar refractivity (Wildman–Crippen MR) is 77.8 cm³/mol. The fourth-order valence-electron chi connectivity index (χ4n) is 1.32. The molecule has 2 rings (SSSR count). The number of hydrogen-bond acceptors (Lipinski definition) is 7. The van der Waals surface area contributed by atoms with E-state index in [-0.39, 0.29) is 5.75 Å². The topological polar surface area (TPSA) is 61.0 Å². The van der Waals surface area contributed by atoms with Crippen LogP contribution in [0, 0.1) is 5.82 Å². The predicted octanol–water partition coefficient (Wildman–Crippen LogP) is 3.53. The summed E-state index contributed by atoms with van der Waals surface area (Å²) in [5, 5.41) is 8.04. The van der Waals surface area contributed by atoms with Gasteiger partial charge in [-0.15, -0.1) is 10.2 Å². The molecule has 2 aromatic rings. The Balaban J connectivity index is 2.26. The minimum atomic E-state index is -0.453. The Morgan fingerprint density at radius 3 is 2.74 bits per heavy atom. The van der Waals surface area contributed by atoms with E-state index in [1.165, 1.54) is 40.9 Å². The van der Waals surface area contributed by atoms with Crippen molar-refractivity contribution in [2.75, 3.05) is 18.6 Å². The lowest BCUT2D eigenvalue weighted by Crippen LogP contribution is -1.97. The lowest BCUT2D eigenvalue weighted by atomic mass is 10.3. The molecule has 0 fully saturated rings. The lowest BCUT2D eigenvalue weighted by molar-refractivity contribution is 0.321. The Morgan fingerprint density at radius 2 is 2.11 bits per heavy atom. The largest absolute Gasteiger partial charge is 0.491 e. The molecule has 0 atom stereocenters. The molecule has 4 nitrogen and oxygen atoms in total. The molecular formula is C11H12FN3OS3. The molecule has 8 heteroatoms. The van der Waals surface area contributed by atoms with Crippen molar-refractivity contribution in [3.05, 3.63) is 17.9 Å². The van der Waals surface area contributed by atoms with Gasteiger partial charge in [0.1, 0.15) is 0 Å². The van der Waals surface area contributed by atoms with Crippen LogP contribution in [0.3, 0.4) is 0 Å². The Hall–Kier alpha value is -0.990.